The van der Waals surface area contributed by atoms with Gasteiger partial charge in [0, 0.05) is 49.0 Å². The van der Waals surface area contributed by atoms with Gasteiger partial charge in [-0.05, 0) is 23.8 Å². The topological polar surface area (TPSA) is 105 Å². The number of ether oxygens (including phenoxy) is 1. The summed E-state index contributed by atoms with van der Waals surface area (Å²) in [6, 6.07) is 11.6. The number of carbonyl (C=O) groups is 2. The molecule has 2 heterocycles. The van der Waals surface area contributed by atoms with Crippen LogP contribution in [-0.2, 0) is 16.1 Å². The molecule has 0 atom stereocenters. The van der Waals surface area contributed by atoms with E-state index in [1.54, 1.807) is 6.07 Å². The zero-order valence-corrected chi connectivity index (χ0v) is 17.6. The van der Waals surface area contributed by atoms with Crippen molar-refractivity contribution in [1.29, 1.82) is 0 Å². The third-order valence-electron chi connectivity index (χ3n) is 5.12. The minimum Gasteiger partial charge on any atom is -0.482 e. The highest BCUT2D eigenvalue weighted by Crippen LogP contribution is 2.35. The maximum atomic E-state index is 12.7. The van der Waals surface area contributed by atoms with Gasteiger partial charge in [-0.15, -0.1) is 0 Å². The van der Waals surface area contributed by atoms with Crippen molar-refractivity contribution in [2.24, 2.45) is 0 Å². The van der Waals surface area contributed by atoms with Gasteiger partial charge < -0.3 is 10.1 Å². The lowest BCUT2D eigenvalue weighted by Crippen LogP contribution is -2.43. The number of rotatable bonds is 6. The Labute approximate surface area is 183 Å². The minimum atomic E-state index is -0.551. The molecule has 0 unspecified atom stereocenters. The molecule has 10 heteroatoms. The quantitative estimate of drug-likeness (QED) is 0.541. The van der Waals surface area contributed by atoms with E-state index in [1.807, 2.05) is 30.0 Å². The summed E-state index contributed by atoms with van der Waals surface area (Å²) in [5.74, 6) is 1.77. The fourth-order valence-electron chi connectivity index (χ4n) is 3.59. The fraction of sp³-hybridized carbons (Fsp3) is 0.333. The highest BCUT2D eigenvalue weighted by Gasteiger charge is 2.29. The lowest BCUT2D eigenvalue weighted by Gasteiger charge is -2.28. The first-order valence-electron chi connectivity index (χ1n) is 9.90. The predicted octanol–water partition coefficient (Wildman–Crippen LogP) is 2.51. The standard InChI is InChI=1S/C21H22N4O5S/c26-20(22-16-3-1-2-15(10-16)12-23-6-8-31-9-7-23)13-24-18-11-17(25(28)29)4-5-19(18)30-14-21(24)27/h1-5,10-11H,6-9,12-14H2,(H,22,26). The zero-order valence-electron chi connectivity index (χ0n) is 16.8. The molecule has 0 bridgehead atoms. The van der Waals surface area contributed by atoms with Crippen molar-refractivity contribution in [1.82, 2.24) is 4.90 Å². The number of nitrogens with zero attached hydrogens (tertiary/aromatic N) is 3. The van der Waals surface area contributed by atoms with Crippen molar-refractivity contribution in [2.45, 2.75) is 6.54 Å². The molecule has 2 aromatic carbocycles. The molecule has 2 aliphatic rings. The molecule has 1 fully saturated rings. The van der Waals surface area contributed by atoms with E-state index in [1.165, 1.54) is 23.1 Å². The summed E-state index contributed by atoms with van der Waals surface area (Å²) in [6.45, 7) is 2.44. The van der Waals surface area contributed by atoms with Crippen LogP contribution in [0.5, 0.6) is 5.75 Å². The normalized spacial score (nSPS) is 16.4. The van der Waals surface area contributed by atoms with Crippen LogP contribution in [0.15, 0.2) is 42.5 Å². The molecule has 9 nitrogen and oxygen atoms in total. The first kappa shape index (κ1) is 21.1. The number of thioether (sulfide) groups is 1. The van der Waals surface area contributed by atoms with Gasteiger partial charge in [0.25, 0.3) is 11.6 Å². The predicted molar refractivity (Wildman–Crippen MR) is 119 cm³/mol. The van der Waals surface area contributed by atoms with Crippen molar-refractivity contribution in [3.8, 4) is 5.75 Å². The summed E-state index contributed by atoms with van der Waals surface area (Å²) in [6.07, 6.45) is 0. The van der Waals surface area contributed by atoms with Crippen molar-refractivity contribution in [2.75, 3.05) is 48.0 Å². The number of hydrogen-bond acceptors (Lipinski definition) is 7. The molecule has 2 amide bonds. The van der Waals surface area contributed by atoms with Crippen molar-refractivity contribution in [3.05, 3.63) is 58.1 Å². The molecule has 0 radical (unpaired) electrons. The summed E-state index contributed by atoms with van der Waals surface area (Å²) >= 11 is 1.96. The van der Waals surface area contributed by atoms with Crippen LogP contribution in [-0.4, -0.2) is 59.4 Å². The Hall–Kier alpha value is -3.11. The van der Waals surface area contributed by atoms with E-state index in [2.05, 4.69) is 10.2 Å². The van der Waals surface area contributed by atoms with Crippen molar-refractivity contribution in [3.63, 3.8) is 0 Å². The Kier molecular flexibility index (Phi) is 6.38. The summed E-state index contributed by atoms with van der Waals surface area (Å²) in [4.78, 5) is 39.1. The van der Waals surface area contributed by atoms with Crippen LogP contribution < -0.4 is 15.0 Å². The van der Waals surface area contributed by atoms with Gasteiger partial charge in [0.1, 0.15) is 12.3 Å². The van der Waals surface area contributed by atoms with Gasteiger partial charge in [0.2, 0.25) is 5.91 Å². The smallest absolute Gasteiger partial charge is 0.271 e. The van der Waals surface area contributed by atoms with Gasteiger partial charge in [-0.25, -0.2) is 0 Å². The van der Waals surface area contributed by atoms with Gasteiger partial charge in [-0.2, -0.15) is 11.8 Å². The molecule has 4 rings (SSSR count). The molecule has 2 aliphatic heterocycles. The molecule has 31 heavy (non-hydrogen) atoms. The number of anilines is 2. The molecular formula is C21H22N4O5S. The number of nitro groups is 1. The largest absolute Gasteiger partial charge is 0.482 e. The molecule has 1 N–H and O–H groups in total. The number of benzene rings is 2. The first-order valence-corrected chi connectivity index (χ1v) is 11.1. The SMILES string of the molecule is O=C(CN1C(=O)COc2ccc([N+](=O)[O-])cc21)Nc1cccc(CN2CCSCC2)c1. The summed E-state index contributed by atoms with van der Waals surface area (Å²) < 4.78 is 5.34. The maximum Gasteiger partial charge on any atom is 0.271 e. The van der Waals surface area contributed by atoms with Crippen LogP contribution >= 0.6 is 11.8 Å². The highest BCUT2D eigenvalue weighted by molar-refractivity contribution is 7.99. The van der Waals surface area contributed by atoms with Crippen LogP contribution in [0.4, 0.5) is 17.1 Å². The monoisotopic (exact) mass is 442 g/mol. The highest BCUT2D eigenvalue weighted by atomic mass is 32.2. The van der Waals surface area contributed by atoms with Gasteiger partial charge in [-0.3, -0.25) is 29.5 Å². The second-order valence-electron chi connectivity index (χ2n) is 7.31. The average molecular weight is 442 g/mol. The third-order valence-corrected chi connectivity index (χ3v) is 6.06. The first-order chi connectivity index (χ1) is 15.0. The second-order valence-corrected chi connectivity index (χ2v) is 8.54. The Morgan fingerprint density at radius 1 is 1.19 bits per heavy atom. The van der Waals surface area contributed by atoms with E-state index >= 15 is 0 Å². The Morgan fingerprint density at radius 2 is 2.00 bits per heavy atom. The lowest BCUT2D eigenvalue weighted by atomic mass is 10.2. The van der Waals surface area contributed by atoms with E-state index in [4.69, 9.17) is 4.74 Å². The van der Waals surface area contributed by atoms with Crippen LogP contribution in [0.3, 0.4) is 0 Å². The van der Waals surface area contributed by atoms with E-state index in [-0.39, 0.29) is 30.4 Å². The van der Waals surface area contributed by atoms with Crippen LogP contribution in [0.25, 0.3) is 0 Å². The molecular weight excluding hydrogens is 420 g/mol. The molecule has 0 aliphatic carbocycles. The van der Waals surface area contributed by atoms with E-state index in [9.17, 15) is 19.7 Å². The number of non-ortho nitro benzene ring substituents is 1. The Morgan fingerprint density at radius 3 is 2.77 bits per heavy atom. The molecule has 1 saturated heterocycles. The molecule has 2 aromatic rings. The molecule has 0 saturated carbocycles. The fourth-order valence-corrected chi connectivity index (χ4v) is 4.57. The van der Waals surface area contributed by atoms with Gasteiger partial charge in [0.05, 0.1) is 10.6 Å². The number of nitrogens with one attached hydrogen (secondary N) is 1. The van der Waals surface area contributed by atoms with Gasteiger partial charge in [-0.1, -0.05) is 12.1 Å². The lowest BCUT2D eigenvalue weighted by molar-refractivity contribution is -0.384. The van der Waals surface area contributed by atoms with E-state index < -0.39 is 10.8 Å². The van der Waals surface area contributed by atoms with Crippen LogP contribution in [0.1, 0.15) is 5.56 Å². The number of amides is 2. The van der Waals surface area contributed by atoms with Gasteiger partial charge in [0.15, 0.2) is 6.61 Å². The van der Waals surface area contributed by atoms with Crippen LogP contribution in [0, 0.1) is 10.1 Å². The number of fused-ring (bicyclic) bond motifs is 1. The van der Waals surface area contributed by atoms with E-state index in [0.29, 0.717) is 11.4 Å². The summed E-state index contributed by atoms with van der Waals surface area (Å²) in [5, 5.41) is 13.9. The van der Waals surface area contributed by atoms with Crippen molar-refractivity contribution < 1.29 is 19.2 Å². The molecule has 0 spiro atoms. The van der Waals surface area contributed by atoms with Crippen LogP contribution in [0.2, 0.25) is 0 Å². The molecule has 0 aromatic heterocycles. The summed E-state index contributed by atoms with van der Waals surface area (Å²) in [5.41, 5.74) is 1.80. The third kappa shape index (κ3) is 5.15. The molecule has 162 valence electrons. The number of hydrogen-bond donors (Lipinski definition) is 1. The van der Waals surface area contributed by atoms with Gasteiger partial charge >= 0.3 is 0 Å². The average Bonchev–Trinajstić information content (AvgIpc) is 2.76. The summed E-state index contributed by atoms with van der Waals surface area (Å²) in [7, 11) is 0. The second kappa shape index (κ2) is 9.36. The van der Waals surface area contributed by atoms with E-state index in [0.717, 1.165) is 36.7 Å². The minimum absolute atomic E-state index is 0.175. The Bertz CT molecular complexity index is 1010. The number of carbonyl (C=O) groups excluding carboxylic acids is 2. The van der Waals surface area contributed by atoms with Crippen molar-refractivity contribution >= 4 is 40.6 Å². The number of nitro benzene ring substituents is 1. The Balaban J connectivity index is 1.44. The zero-order chi connectivity index (χ0) is 21.8. The maximum absolute atomic E-state index is 12.7.